The third-order valence-electron chi connectivity index (χ3n) is 7.30. The smallest absolute Gasteiger partial charge is 0.343 e. The number of hydrogen-bond donors (Lipinski definition) is 0. The van der Waals surface area contributed by atoms with Crippen molar-refractivity contribution >= 4 is 39.7 Å². The van der Waals surface area contributed by atoms with E-state index in [-0.39, 0.29) is 23.9 Å². The predicted octanol–water partition coefficient (Wildman–Crippen LogP) is 9.84. The number of esters is 2. The lowest BCUT2D eigenvalue weighted by Crippen LogP contribution is -2.23. The molecule has 0 aliphatic rings. The molecule has 0 aliphatic carbocycles. The topological polar surface area (TPSA) is 96.3 Å². The minimum atomic E-state index is -0.499. The van der Waals surface area contributed by atoms with Gasteiger partial charge in [-0.25, -0.2) is 14.6 Å². The maximum atomic E-state index is 13.3. The molecule has 260 valence electrons. The molecule has 4 aromatic carbocycles. The molecule has 1 atom stereocenters. The summed E-state index contributed by atoms with van der Waals surface area (Å²) in [4.78, 5) is 35.7. The minimum Gasteiger partial charge on any atom is -0.488 e. The summed E-state index contributed by atoms with van der Waals surface area (Å²) >= 11 is 1.62. The quantitative estimate of drug-likeness (QED) is 0.0730. The van der Waals surface area contributed by atoms with E-state index in [2.05, 4.69) is 13.0 Å². The summed E-state index contributed by atoms with van der Waals surface area (Å²) in [6, 6.07) is 27.2. The van der Waals surface area contributed by atoms with Gasteiger partial charge in [-0.2, -0.15) is 0 Å². The van der Waals surface area contributed by atoms with Gasteiger partial charge in [0.2, 0.25) is 0 Å². The number of rotatable bonds is 12. The molecule has 0 aliphatic heterocycles. The van der Waals surface area contributed by atoms with Crippen LogP contribution in [-0.4, -0.2) is 40.9 Å². The summed E-state index contributed by atoms with van der Waals surface area (Å²) in [6.07, 6.45) is 2.93. The van der Waals surface area contributed by atoms with E-state index in [1.54, 1.807) is 72.1 Å². The minimum absolute atomic E-state index is 0.168. The second-order valence-electron chi connectivity index (χ2n) is 13.8. The number of ether oxygens (including phenoxy) is 4. The fourth-order valence-corrected chi connectivity index (χ4v) is 6.12. The molecular formula is C41H44N2O6S. The first kappa shape index (κ1) is 36.3. The van der Waals surface area contributed by atoms with Crippen LogP contribution >= 0.6 is 11.3 Å². The number of benzene rings is 4. The Morgan fingerprint density at radius 2 is 1.40 bits per heavy atom. The average molecular weight is 693 g/mol. The molecule has 5 aromatic rings. The molecule has 0 fully saturated rings. The second-order valence-corrected chi connectivity index (χ2v) is 14.9. The molecule has 8 nitrogen and oxygen atoms in total. The zero-order valence-electron chi connectivity index (χ0n) is 29.7. The van der Waals surface area contributed by atoms with Crippen molar-refractivity contribution in [3.63, 3.8) is 0 Å². The Hall–Kier alpha value is -5.02. The first-order valence-electron chi connectivity index (χ1n) is 16.8. The Balaban J connectivity index is 1.32. The van der Waals surface area contributed by atoms with Gasteiger partial charge in [0, 0.05) is 18.2 Å². The van der Waals surface area contributed by atoms with E-state index < -0.39 is 11.9 Å². The van der Waals surface area contributed by atoms with Crippen molar-refractivity contribution in [1.29, 1.82) is 0 Å². The molecule has 0 bridgehead atoms. The van der Waals surface area contributed by atoms with Gasteiger partial charge < -0.3 is 18.9 Å². The highest BCUT2D eigenvalue weighted by molar-refractivity contribution is 7.18. The molecule has 5 rings (SSSR count). The zero-order chi connectivity index (χ0) is 35.9. The molecule has 1 heterocycles. The van der Waals surface area contributed by atoms with Crippen molar-refractivity contribution in [2.75, 3.05) is 6.61 Å². The van der Waals surface area contributed by atoms with Gasteiger partial charge in [-0.05, 0) is 126 Å². The number of carbonyl (C=O) groups is 2. The first-order valence-corrected chi connectivity index (χ1v) is 17.6. The normalized spacial score (nSPS) is 12.5. The van der Waals surface area contributed by atoms with Crippen molar-refractivity contribution in [2.45, 2.75) is 78.6 Å². The molecule has 9 heteroatoms. The monoisotopic (exact) mass is 692 g/mol. The Morgan fingerprint density at radius 1 is 0.800 bits per heavy atom. The number of carbonyl (C=O) groups excluding carboxylic acids is 2. The molecule has 0 N–H and O–H groups in total. The van der Waals surface area contributed by atoms with E-state index in [4.69, 9.17) is 28.9 Å². The summed E-state index contributed by atoms with van der Waals surface area (Å²) in [7, 11) is 0. The van der Waals surface area contributed by atoms with Crippen LogP contribution in [0.2, 0.25) is 0 Å². The van der Waals surface area contributed by atoms with Crippen molar-refractivity contribution in [3.8, 4) is 17.2 Å². The third-order valence-corrected chi connectivity index (χ3v) is 8.44. The third kappa shape index (κ3) is 10.2. The lowest BCUT2D eigenvalue weighted by atomic mass is 10.1. The Bertz CT molecular complexity index is 1920. The maximum absolute atomic E-state index is 13.3. The number of aliphatic imine (C=N–C) groups is 1. The van der Waals surface area contributed by atoms with Crippen molar-refractivity contribution in [1.82, 2.24) is 4.98 Å². The number of hydrogen-bond acceptors (Lipinski definition) is 9. The van der Waals surface area contributed by atoms with E-state index in [1.807, 2.05) is 71.9 Å². The SMILES string of the molecule is CCC(N=Cc1cc(CCOC(=O)c2ccc(OC(C)(C)C)cc2)ccc1OC(=O)c1ccc(OC(C)(C)C)cc1)c1nc2ccccc2s1. The first-order chi connectivity index (χ1) is 23.8. The summed E-state index contributed by atoms with van der Waals surface area (Å²) in [5.74, 6) is 0.801. The standard InChI is InChI=1S/C41H44N2O6S/c1-8-33(37-43-34-11-9-10-12-36(34)50-37)42-26-30-25-27(23-24-46-38(44)28-14-18-31(19-15-28)48-40(2,3)4)13-22-35(30)47-39(45)29-16-20-32(21-17-29)49-41(5,6)7/h9-22,25-26,33H,8,23-24H2,1-7H3. The molecule has 0 saturated heterocycles. The molecule has 50 heavy (non-hydrogen) atoms. The van der Waals surface area contributed by atoms with Crippen LogP contribution in [0.25, 0.3) is 10.2 Å². The van der Waals surface area contributed by atoms with Crippen molar-refractivity contribution in [3.05, 3.63) is 118 Å². The van der Waals surface area contributed by atoms with Crippen LogP contribution in [0.5, 0.6) is 17.2 Å². The van der Waals surface area contributed by atoms with Crippen molar-refractivity contribution in [2.24, 2.45) is 4.99 Å². The fraction of sp³-hybridized carbons (Fsp3) is 0.317. The summed E-state index contributed by atoms with van der Waals surface area (Å²) in [5, 5.41) is 0.919. The predicted molar refractivity (Wildman–Crippen MR) is 199 cm³/mol. The van der Waals surface area contributed by atoms with Crippen molar-refractivity contribution < 1.29 is 28.5 Å². The van der Waals surface area contributed by atoms with E-state index in [9.17, 15) is 9.59 Å². The number of aromatic nitrogens is 1. The molecule has 0 spiro atoms. The van der Waals surface area contributed by atoms with E-state index in [1.165, 1.54) is 0 Å². The number of fused-ring (bicyclic) bond motifs is 1. The average Bonchev–Trinajstić information content (AvgIpc) is 3.49. The van der Waals surface area contributed by atoms with Crippen LogP contribution in [0.1, 0.15) is 97.8 Å². The summed E-state index contributed by atoms with van der Waals surface area (Å²) in [5.41, 5.74) is 2.61. The van der Waals surface area contributed by atoms with Gasteiger partial charge in [0.15, 0.2) is 0 Å². The molecule has 1 aromatic heterocycles. The molecule has 0 amide bonds. The van der Waals surface area contributed by atoms with Gasteiger partial charge in [0.25, 0.3) is 0 Å². The maximum Gasteiger partial charge on any atom is 0.343 e. The van der Waals surface area contributed by atoms with Crippen LogP contribution < -0.4 is 14.2 Å². The van der Waals surface area contributed by atoms with Gasteiger partial charge in [-0.15, -0.1) is 11.3 Å². The van der Waals surface area contributed by atoms with Crippen LogP contribution in [0.3, 0.4) is 0 Å². The Morgan fingerprint density at radius 3 is 1.98 bits per heavy atom. The van der Waals surface area contributed by atoms with Crippen LogP contribution in [0.15, 0.2) is 96.0 Å². The van der Waals surface area contributed by atoms with Crippen LogP contribution in [0.4, 0.5) is 0 Å². The van der Waals surface area contributed by atoms with Gasteiger partial charge in [0.1, 0.15) is 39.5 Å². The highest BCUT2D eigenvalue weighted by Gasteiger charge is 2.18. The van der Waals surface area contributed by atoms with E-state index in [0.29, 0.717) is 40.4 Å². The molecule has 1 unspecified atom stereocenters. The van der Waals surface area contributed by atoms with Gasteiger partial charge >= 0.3 is 11.9 Å². The highest BCUT2D eigenvalue weighted by Crippen LogP contribution is 2.31. The summed E-state index contributed by atoms with van der Waals surface area (Å²) < 4.78 is 24.3. The van der Waals surface area contributed by atoms with Gasteiger partial charge in [-0.1, -0.05) is 25.1 Å². The van der Waals surface area contributed by atoms with E-state index >= 15 is 0 Å². The number of para-hydroxylation sites is 1. The largest absolute Gasteiger partial charge is 0.488 e. The lowest BCUT2D eigenvalue weighted by molar-refractivity contribution is 0.0508. The Kier molecular flexibility index (Phi) is 11.4. The molecule has 0 saturated carbocycles. The second kappa shape index (κ2) is 15.7. The zero-order valence-corrected chi connectivity index (χ0v) is 30.5. The number of nitrogens with zero attached hydrogens (tertiary/aromatic N) is 2. The number of thiazole rings is 1. The molecule has 0 radical (unpaired) electrons. The van der Waals surface area contributed by atoms with E-state index in [0.717, 1.165) is 27.2 Å². The van der Waals surface area contributed by atoms with Crippen LogP contribution in [0, 0.1) is 0 Å². The Labute approximate surface area is 298 Å². The summed E-state index contributed by atoms with van der Waals surface area (Å²) in [6.45, 7) is 14.0. The van der Waals surface area contributed by atoms with Gasteiger partial charge in [-0.3, -0.25) is 4.99 Å². The van der Waals surface area contributed by atoms with Gasteiger partial charge in [0.05, 0.1) is 28.0 Å². The highest BCUT2D eigenvalue weighted by atomic mass is 32.1. The molecular weight excluding hydrogens is 649 g/mol. The van der Waals surface area contributed by atoms with Crippen LogP contribution in [-0.2, 0) is 11.2 Å². The fourth-order valence-electron chi connectivity index (χ4n) is 5.02. The lowest BCUT2D eigenvalue weighted by Gasteiger charge is -2.21.